The first-order valence-electron chi connectivity index (χ1n) is 23.0. The second-order valence-corrected chi connectivity index (χ2v) is 20.1. The van der Waals surface area contributed by atoms with Crippen molar-refractivity contribution in [3.05, 3.63) is 145 Å². The molecule has 1 saturated carbocycles. The molecule has 0 spiro atoms. The van der Waals surface area contributed by atoms with Crippen LogP contribution in [0.25, 0.3) is 28.1 Å². The number of nitrogens with one attached hydrogen (secondary N) is 1. The van der Waals surface area contributed by atoms with E-state index in [1.165, 1.54) is 14.7 Å². The highest BCUT2D eigenvalue weighted by atomic mass is 31.2. The number of hydrogen-bond donors (Lipinski definition) is 1. The largest absolute Gasteiger partial charge is 0.438 e. The lowest BCUT2D eigenvalue weighted by Crippen LogP contribution is -2.41. The highest BCUT2D eigenvalue weighted by molar-refractivity contribution is 7.53. The third kappa shape index (κ3) is 7.65. The zero-order chi connectivity index (χ0) is 46.9. The number of imidazole rings is 1. The number of fused-ring (bicyclic) bond motifs is 2. The quantitative estimate of drug-likeness (QED) is 0.111. The number of nitrogens with zero attached hydrogens (tertiary/aromatic N) is 7. The fourth-order valence-electron chi connectivity index (χ4n) is 10.5. The minimum atomic E-state index is -3.36. The van der Waals surface area contributed by atoms with Crippen molar-refractivity contribution in [1.82, 2.24) is 38.5 Å². The molecule has 1 N–H and O–H groups in total. The molecule has 3 aliphatic rings. The van der Waals surface area contributed by atoms with Crippen LogP contribution in [0.5, 0.6) is 0 Å². The molecule has 1 aliphatic carbocycles. The molecule has 1 saturated heterocycles. The van der Waals surface area contributed by atoms with E-state index in [9.17, 15) is 14.2 Å². The summed E-state index contributed by atoms with van der Waals surface area (Å²) < 4.78 is 56.9. The number of carbonyl (C=O) groups excluding carboxylic acids is 1. The lowest BCUT2D eigenvalue weighted by Gasteiger charge is -2.34. The molecule has 0 bridgehead atoms. The van der Waals surface area contributed by atoms with E-state index in [2.05, 4.69) is 35.3 Å². The van der Waals surface area contributed by atoms with E-state index in [0.29, 0.717) is 89.6 Å². The number of hydrogen-bond acceptors (Lipinski definition) is 10. The molecule has 2 aliphatic heterocycles. The predicted octanol–water partition coefficient (Wildman–Crippen LogP) is 8.40. The first-order valence-corrected chi connectivity index (χ1v) is 24.8. The third-order valence-electron chi connectivity index (χ3n) is 13.9. The van der Waals surface area contributed by atoms with Gasteiger partial charge >= 0.3 is 19.0 Å². The Morgan fingerprint density at radius 2 is 1.63 bits per heavy atom. The third-order valence-corrected chi connectivity index (χ3v) is 15.9. The zero-order valence-corrected chi connectivity index (χ0v) is 39.3. The fraction of sp³-hybridized carbons (Fsp3) is 0.408. The summed E-state index contributed by atoms with van der Waals surface area (Å²) in [4.78, 5) is 47.3. The minimum Gasteiger partial charge on any atom is -0.381 e. The van der Waals surface area contributed by atoms with Crippen LogP contribution in [0.15, 0.2) is 87.2 Å². The molecule has 3 atom stereocenters. The lowest BCUT2D eigenvalue weighted by molar-refractivity contribution is 0.0663. The van der Waals surface area contributed by atoms with E-state index in [1.54, 1.807) is 81.2 Å². The van der Waals surface area contributed by atoms with Crippen molar-refractivity contribution in [3.63, 3.8) is 0 Å². The number of aromatic amines is 1. The van der Waals surface area contributed by atoms with Crippen molar-refractivity contribution in [2.45, 2.75) is 90.9 Å². The average molecular weight is 933 g/mol. The van der Waals surface area contributed by atoms with Gasteiger partial charge in [-0.1, -0.05) is 30.3 Å². The van der Waals surface area contributed by atoms with Crippen LogP contribution in [0.3, 0.4) is 0 Å². The van der Waals surface area contributed by atoms with E-state index in [-0.39, 0.29) is 37.0 Å². The molecule has 2 fully saturated rings. The van der Waals surface area contributed by atoms with Crippen LogP contribution in [0, 0.1) is 25.6 Å². The number of rotatable bonds is 13. The summed E-state index contributed by atoms with van der Waals surface area (Å²) in [6, 6.07) is 18.3. The topological polar surface area (TPSA) is 174 Å². The van der Waals surface area contributed by atoms with Gasteiger partial charge in [0.15, 0.2) is 5.82 Å². The number of ether oxygens (including phenoxy) is 1. The number of aromatic nitrogens is 7. The van der Waals surface area contributed by atoms with E-state index in [1.807, 2.05) is 22.5 Å². The van der Waals surface area contributed by atoms with Crippen LogP contribution in [-0.4, -0.2) is 77.4 Å². The summed E-state index contributed by atoms with van der Waals surface area (Å²) in [7, 11) is -3.36. The highest BCUT2D eigenvalue weighted by Crippen LogP contribution is 2.56. The molecule has 0 radical (unpaired) electrons. The molecule has 4 aromatic heterocycles. The first kappa shape index (κ1) is 44.7. The summed E-state index contributed by atoms with van der Waals surface area (Å²) in [5.74, 6) is -0.0960. The van der Waals surface area contributed by atoms with Gasteiger partial charge in [-0.25, -0.2) is 18.7 Å². The zero-order valence-electron chi connectivity index (χ0n) is 38.5. The summed E-state index contributed by atoms with van der Waals surface area (Å²) >= 11 is 0. The highest BCUT2D eigenvalue weighted by Gasteiger charge is 2.59. The van der Waals surface area contributed by atoms with Gasteiger partial charge in [-0.3, -0.25) is 28.0 Å². The van der Waals surface area contributed by atoms with Gasteiger partial charge in [0.2, 0.25) is 0 Å². The van der Waals surface area contributed by atoms with Crippen LogP contribution in [0.1, 0.15) is 109 Å². The molecular weight excluding hydrogens is 879 g/mol. The number of amides is 1. The molecule has 16 nitrogen and oxygen atoms in total. The van der Waals surface area contributed by atoms with Crippen molar-refractivity contribution in [1.29, 1.82) is 0 Å². The molecule has 1 amide bonds. The normalized spacial score (nSPS) is 19.9. The Morgan fingerprint density at radius 1 is 0.940 bits per heavy atom. The molecule has 67 heavy (non-hydrogen) atoms. The van der Waals surface area contributed by atoms with Gasteiger partial charge in [-0.05, 0) is 130 Å². The number of H-pyrrole nitrogens is 1. The number of aryl methyl sites for hydroxylation is 2. The van der Waals surface area contributed by atoms with Gasteiger partial charge in [0.05, 0.1) is 42.5 Å². The summed E-state index contributed by atoms with van der Waals surface area (Å²) in [6.07, 6.45) is 6.24. The standard InChI is InChI=1S/C49H54FN8O8P/c1-7-64-67(62,65-8-2)28-33-9-12-37(13-10-33)55-19-20-56(48(55)61)44-42-32(6)54(18-15-39(42)52-58(44)38-23-29(3)43(50)30(4)24-38)45(59)41-26-36-25-35(34-16-21-63-22-17-34)11-14-40(36)57(41)49(27-31(49)5)46-51-47(60)66-53-46/h9-14,19-20,23-26,31-32,34H,7-8,15-18,21-22,27-28H2,1-6H3,(H,51,53,60)/t31-,32-,49-/m0/s1. The summed E-state index contributed by atoms with van der Waals surface area (Å²) in [5.41, 5.74) is 5.31. The predicted molar refractivity (Wildman–Crippen MR) is 248 cm³/mol. The van der Waals surface area contributed by atoms with E-state index in [0.717, 1.165) is 29.3 Å². The SMILES string of the molecule is CCOP(=O)(Cc1ccc(-n2ccn(-c3c4c(nn3-c3cc(C)c(F)c(C)c3)CCN(C(=O)c3cc5cc(C6CCOCC6)ccc5n3[C@@]3(c5noc(=O)[nH]5)C[C@@H]3C)[C@H]4C)c2=O)cc1)OCC. The molecule has 10 rings (SSSR count). The molecule has 18 heteroatoms. The first-order chi connectivity index (χ1) is 32.2. The van der Waals surface area contributed by atoms with E-state index in [4.69, 9.17) is 23.4 Å². The molecule has 0 unspecified atom stereocenters. The van der Waals surface area contributed by atoms with Gasteiger partial charge < -0.3 is 23.3 Å². The molecule has 350 valence electrons. The van der Waals surface area contributed by atoms with Crippen molar-refractivity contribution < 1.29 is 32.1 Å². The van der Waals surface area contributed by atoms with Crippen LogP contribution in [0.4, 0.5) is 4.39 Å². The van der Waals surface area contributed by atoms with Gasteiger partial charge in [0.1, 0.15) is 22.9 Å². The Kier molecular flexibility index (Phi) is 11.5. The second-order valence-electron chi connectivity index (χ2n) is 18.0. The fourth-order valence-corrected chi connectivity index (χ4v) is 12.2. The molecule has 7 aromatic rings. The maximum absolute atomic E-state index is 15.5. The van der Waals surface area contributed by atoms with Gasteiger partial charge in [-0.15, -0.1) is 0 Å². The summed E-state index contributed by atoms with van der Waals surface area (Å²) in [5, 5.41) is 10.2. The maximum Gasteiger partial charge on any atom is 0.438 e. The van der Waals surface area contributed by atoms with Gasteiger partial charge in [0.25, 0.3) is 5.91 Å². The minimum absolute atomic E-state index is 0.0161. The van der Waals surface area contributed by atoms with E-state index < -0.39 is 30.6 Å². The van der Waals surface area contributed by atoms with Crippen LogP contribution in [0.2, 0.25) is 0 Å². The van der Waals surface area contributed by atoms with Crippen LogP contribution in [-0.2, 0) is 36.5 Å². The average Bonchev–Trinajstić information content (AvgIpc) is 3.81. The van der Waals surface area contributed by atoms with Crippen LogP contribution < -0.4 is 11.4 Å². The Bertz CT molecular complexity index is 3180. The lowest BCUT2D eigenvalue weighted by atomic mass is 9.91. The van der Waals surface area contributed by atoms with Crippen molar-refractivity contribution in [2.24, 2.45) is 5.92 Å². The Hall–Kier alpha value is -6.13. The number of halogens is 1. The summed E-state index contributed by atoms with van der Waals surface area (Å²) in [6.45, 7) is 13.1. The van der Waals surface area contributed by atoms with Gasteiger partial charge in [-0.2, -0.15) is 5.10 Å². The monoisotopic (exact) mass is 932 g/mol. The maximum atomic E-state index is 15.5. The van der Waals surface area contributed by atoms with Crippen molar-refractivity contribution >= 4 is 24.4 Å². The van der Waals surface area contributed by atoms with Crippen molar-refractivity contribution in [3.8, 4) is 17.2 Å². The molecular formula is C49H54FN8O8P. The van der Waals surface area contributed by atoms with Crippen LogP contribution >= 0.6 is 7.60 Å². The van der Waals surface area contributed by atoms with E-state index >= 15 is 9.18 Å². The Labute approximate surface area is 385 Å². The second kappa shape index (κ2) is 17.2. The molecule has 3 aromatic carbocycles. The molecule has 6 heterocycles. The Balaban J connectivity index is 1.07. The number of benzene rings is 3. The Morgan fingerprint density at radius 3 is 2.27 bits per heavy atom. The van der Waals surface area contributed by atoms with Gasteiger partial charge in [0, 0.05) is 55.0 Å². The number of carbonyl (C=O) groups is 1. The smallest absolute Gasteiger partial charge is 0.381 e. The van der Waals surface area contributed by atoms with Crippen molar-refractivity contribution in [2.75, 3.05) is 33.0 Å².